The smallest absolute Gasteiger partial charge is 0.250 e. The molecule has 2 rings (SSSR count). The van der Waals surface area contributed by atoms with Gasteiger partial charge in [-0.3, -0.25) is 0 Å². The molecule has 2 atom stereocenters. The van der Waals surface area contributed by atoms with Crippen molar-refractivity contribution in [2.45, 2.75) is 37.8 Å². The number of likely N-dealkylation sites (tertiary alicyclic amines) is 1. The topological polar surface area (TPSA) is 49.4 Å². The largest absolute Gasteiger partial charge is 0.303 e. The molecule has 21 heavy (non-hydrogen) atoms. The number of hydrogen-bond donors (Lipinski definition) is 1. The Labute approximate surface area is 132 Å². The van der Waals surface area contributed by atoms with Crippen molar-refractivity contribution in [3.05, 3.63) is 17.0 Å². The van der Waals surface area contributed by atoms with E-state index in [1.807, 2.05) is 13.0 Å². The van der Waals surface area contributed by atoms with Crippen LogP contribution in [0, 0.1) is 18.8 Å². The van der Waals surface area contributed by atoms with Crippen molar-refractivity contribution in [2.24, 2.45) is 11.8 Å². The number of hydrogen-bond acceptors (Lipinski definition) is 4. The number of rotatable bonds is 6. The fraction of sp³-hybridized carbons (Fsp3) is 0.733. The number of aryl methyl sites for hydroxylation is 1. The maximum absolute atomic E-state index is 12.1. The molecule has 0 saturated carbocycles. The van der Waals surface area contributed by atoms with Crippen LogP contribution < -0.4 is 4.72 Å². The van der Waals surface area contributed by atoms with Crippen LogP contribution in [0.5, 0.6) is 0 Å². The van der Waals surface area contributed by atoms with E-state index in [1.165, 1.54) is 17.8 Å². The first kappa shape index (κ1) is 16.9. The molecule has 120 valence electrons. The monoisotopic (exact) mass is 330 g/mol. The van der Waals surface area contributed by atoms with Crippen LogP contribution in [0.4, 0.5) is 0 Å². The van der Waals surface area contributed by atoms with Crippen LogP contribution >= 0.6 is 11.3 Å². The SMILES string of the molecule is Cc1ccc(S(=O)(=O)NCCCN2CC(C)CC(C)C2)s1. The van der Waals surface area contributed by atoms with Crippen LogP contribution in [0.3, 0.4) is 0 Å². The van der Waals surface area contributed by atoms with Crippen molar-refractivity contribution >= 4 is 21.4 Å². The maximum atomic E-state index is 12.1. The molecule has 0 aromatic carbocycles. The van der Waals surface area contributed by atoms with Crippen LogP contribution in [0.1, 0.15) is 31.6 Å². The number of sulfonamides is 1. The van der Waals surface area contributed by atoms with E-state index < -0.39 is 10.0 Å². The fourth-order valence-electron chi connectivity index (χ4n) is 3.11. The first-order valence-corrected chi connectivity index (χ1v) is 9.95. The third kappa shape index (κ3) is 5.06. The van der Waals surface area contributed by atoms with E-state index in [-0.39, 0.29) is 0 Å². The van der Waals surface area contributed by atoms with Crippen molar-refractivity contribution < 1.29 is 8.42 Å². The highest BCUT2D eigenvalue weighted by molar-refractivity contribution is 7.91. The quantitative estimate of drug-likeness (QED) is 0.816. The van der Waals surface area contributed by atoms with Gasteiger partial charge in [-0.25, -0.2) is 13.1 Å². The summed E-state index contributed by atoms with van der Waals surface area (Å²) in [6.45, 7) is 10.3. The number of nitrogens with one attached hydrogen (secondary N) is 1. The van der Waals surface area contributed by atoms with E-state index >= 15 is 0 Å². The minimum absolute atomic E-state index is 0.417. The van der Waals surface area contributed by atoms with Gasteiger partial charge in [0.25, 0.3) is 0 Å². The van der Waals surface area contributed by atoms with Gasteiger partial charge >= 0.3 is 0 Å². The minimum atomic E-state index is -3.31. The summed E-state index contributed by atoms with van der Waals surface area (Å²) in [5.41, 5.74) is 0. The molecule has 0 aliphatic carbocycles. The van der Waals surface area contributed by atoms with Gasteiger partial charge < -0.3 is 4.90 Å². The molecule has 1 saturated heterocycles. The van der Waals surface area contributed by atoms with Crippen molar-refractivity contribution in [2.75, 3.05) is 26.2 Å². The lowest BCUT2D eigenvalue weighted by atomic mass is 9.92. The summed E-state index contributed by atoms with van der Waals surface area (Å²) in [4.78, 5) is 3.48. The normalized spacial score (nSPS) is 24.3. The van der Waals surface area contributed by atoms with Gasteiger partial charge in [0, 0.05) is 24.5 Å². The number of piperidine rings is 1. The van der Waals surface area contributed by atoms with Gasteiger partial charge in [0.1, 0.15) is 4.21 Å². The minimum Gasteiger partial charge on any atom is -0.303 e. The summed E-state index contributed by atoms with van der Waals surface area (Å²) in [6, 6.07) is 3.52. The van der Waals surface area contributed by atoms with Gasteiger partial charge in [-0.1, -0.05) is 13.8 Å². The first-order valence-electron chi connectivity index (χ1n) is 7.65. The molecular formula is C15H26N2O2S2. The summed E-state index contributed by atoms with van der Waals surface area (Å²) in [5, 5.41) is 0. The molecule has 2 heterocycles. The second-order valence-electron chi connectivity index (χ2n) is 6.32. The zero-order valence-electron chi connectivity index (χ0n) is 13.1. The van der Waals surface area contributed by atoms with E-state index in [2.05, 4.69) is 23.5 Å². The predicted molar refractivity (Wildman–Crippen MR) is 88.2 cm³/mol. The van der Waals surface area contributed by atoms with Crippen LogP contribution in [0.25, 0.3) is 0 Å². The van der Waals surface area contributed by atoms with Gasteiger partial charge in [0.2, 0.25) is 10.0 Å². The summed E-state index contributed by atoms with van der Waals surface area (Å²) in [7, 11) is -3.31. The molecule has 1 fully saturated rings. The number of nitrogens with zero attached hydrogens (tertiary/aromatic N) is 1. The molecule has 1 aromatic rings. The summed E-state index contributed by atoms with van der Waals surface area (Å²) >= 11 is 1.32. The van der Waals surface area contributed by atoms with E-state index in [0.29, 0.717) is 10.8 Å². The van der Waals surface area contributed by atoms with Crippen LogP contribution in [-0.4, -0.2) is 39.5 Å². The molecule has 1 aromatic heterocycles. The van der Waals surface area contributed by atoms with Gasteiger partial charge in [-0.15, -0.1) is 11.3 Å². The fourth-order valence-corrected chi connectivity index (χ4v) is 5.51. The molecule has 4 nitrogen and oxygen atoms in total. The second-order valence-corrected chi connectivity index (χ2v) is 9.60. The Bertz CT molecular complexity index is 544. The summed E-state index contributed by atoms with van der Waals surface area (Å²) in [5.74, 6) is 1.50. The molecule has 1 aliphatic rings. The Morgan fingerprint density at radius 3 is 2.52 bits per heavy atom. The molecule has 0 radical (unpaired) electrons. The van der Waals surface area contributed by atoms with Crippen molar-refractivity contribution in [1.29, 1.82) is 0 Å². The molecule has 1 N–H and O–H groups in total. The zero-order valence-corrected chi connectivity index (χ0v) is 14.8. The Hall–Kier alpha value is -0.430. The maximum Gasteiger partial charge on any atom is 0.250 e. The Morgan fingerprint density at radius 1 is 1.29 bits per heavy atom. The number of thiophene rings is 1. The average molecular weight is 331 g/mol. The van der Waals surface area contributed by atoms with E-state index in [0.717, 1.165) is 42.8 Å². The van der Waals surface area contributed by atoms with Gasteiger partial charge in [0.15, 0.2) is 0 Å². The van der Waals surface area contributed by atoms with Crippen molar-refractivity contribution in [3.8, 4) is 0 Å². The van der Waals surface area contributed by atoms with E-state index in [9.17, 15) is 8.42 Å². The molecule has 6 heteroatoms. The van der Waals surface area contributed by atoms with E-state index in [1.54, 1.807) is 6.07 Å². The van der Waals surface area contributed by atoms with Crippen LogP contribution in [0.15, 0.2) is 16.3 Å². The third-order valence-corrected chi connectivity index (χ3v) is 6.82. The average Bonchev–Trinajstić information content (AvgIpc) is 2.81. The molecular weight excluding hydrogens is 304 g/mol. The molecule has 1 aliphatic heterocycles. The molecule has 2 unspecified atom stereocenters. The lowest BCUT2D eigenvalue weighted by Crippen LogP contribution is -2.40. The van der Waals surface area contributed by atoms with Gasteiger partial charge in [-0.2, -0.15) is 0 Å². The lowest BCUT2D eigenvalue weighted by molar-refractivity contribution is 0.140. The van der Waals surface area contributed by atoms with Crippen LogP contribution in [0.2, 0.25) is 0 Å². The molecule has 0 bridgehead atoms. The van der Waals surface area contributed by atoms with Crippen molar-refractivity contribution in [1.82, 2.24) is 9.62 Å². The van der Waals surface area contributed by atoms with Gasteiger partial charge in [0.05, 0.1) is 0 Å². The zero-order chi connectivity index (χ0) is 15.5. The standard InChI is InChI=1S/C15H26N2O2S2/c1-12-9-13(2)11-17(10-12)8-4-7-16-21(18,19)15-6-5-14(3)20-15/h5-6,12-13,16H,4,7-11H2,1-3H3. The van der Waals surface area contributed by atoms with E-state index in [4.69, 9.17) is 0 Å². The van der Waals surface area contributed by atoms with Crippen molar-refractivity contribution in [3.63, 3.8) is 0 Å². The highest BCUT2D eigenvalue weighted by Crippen LogP contribution is 2.21. The lowest BCUT2D eigenvalue weighted by Gasteiger charge is -2.34. The molecule has 0 spiro atoms. The van der Waals surface area contributed by atoms with Gasteiger partial charge in [-0.05, 0) is 50.3 Å². The third-order valence-electron chi connectivity index (χ3n) is 3.87. The van der Waals surface area contributed by atoms with Crippen LogP contribution in [-0.2, 0) is 10.0 Å². The first-order chi connectivity index (χ1) is 9.87. The summed E-state index contributed by atoms with van der Waals surface area (Å²) in [6.07, 6.45) is 2.17. The summed E-state index contributed by atoms with van der Waals surface area (Å²) < 4.78 is 27.3. The Kier molecular flexibility index (Phi) is 5.82. The highest BCUT2D eigenvalue weighted by atomic mass is 32.2. The molecule has 0 amide bonds. The predicted octanol–water partition coefficient (Wildman–Crippen LogP) is 2.70. The Morgan fingerprint density at radius 2 is 1.95 bits per heavy atom. The second kappa shape index (κ2) is 7.22. The highest BCUT2D eigenvalue weighted by Gasteiger charge is 2.21. The Balaban J connectivity index is 1.74.